The Morgan fingerprint density at radius 1 is 1.16 bits per heavy atom. The van der Waals surface area contributed by atoms with Gasteiger partial charge in [0.15, 0.2) is 5.76 Å². The fourth-order valence-corrected chi connectivity index (χ4v) is 6.55. The summed E-state index contributed by atoms with van der Waals surface area (Å²) in [6.45, 7) is 2.44. The highest BCUT2D eigenvalue weighted by Crippen LogP contribution is 2.32. The zero-order chi connectivity index (χ0) is 22.6. The Bertz CT molecular complexity index is 1110. The summed E-state index contributed by atoms with van der Waals surface area (Å²) in [5, 5.41) is 17.8. The fraction of sp³-hybridized carbons (Fsp3) is 0.435. The van der Waals surface area contributed by atoms with Crippen molar-refractivity contribution in [1.29, 1.82) is 0 Å². The van der Waals surface area contributed by atoms with Gasteiger partial charge in [0.25, 0.3) is 10.0 Å². The van der Waals surface area contributed by atoms with Crippen molar-refractivity contribution in [2.45, 2.75) is 61.9 Å². The van der Waals surface area contributed by atoms with E-state index in [1.165, 1.54) is 25.5 Å². The van der Waals surface area contributed by atoms with E-state index in [1.807, 2.05) is 19.1 Å². The fourth-order valence-electron chi connectivity index (χ4n) is 4.18. The predicted octanol–water partition coefficient (Wildman–Crippen LogP) is 4.62. The molecule has 9 heteroatoms. The molecule has 1 aliphatic rings. The molecule has 2 aromatic heterocycles. The molecule has 0 amide bonds. The van der Waals surface area contributed by atoms with Gasteiger partial charge in [0.05, 0.1) is 22.9 Å². The molecule has 172 valence electrons. The van der Waals surface area contributed by atoms with Crippen molar-refractivity contribution in [3.63, 3.8) is 0 Å². The summed E-state index contributed by atoms with van der Waals surface area (Å²) in [6, 6.07) is 12.2. The molecule has 3 aromatic rings. The summed E-state index contributed by atoms with van der Waals surface area (Å²) in [4.78, 5) is 0.698. The summed E-state index contributed by atoms with van der Waals surface area (Å²) in [7, 11) is -3.75. The number of para-hydroxylation sites is 1. The van der Waals surface area contributed by atoms with Gasteiger partial charge in [-0.3, -0.25) is 4.72 Å². The molecule has 0 aliphatic heterocycles. The maximum Gasteiger partial charge on any atom is 0.271 e. The van der Waals surface area contributed by atoms with Crippen LogP contribution in [0.3, 0.4) is 0 Å². The van der Waals surface area contributed by atoms with Crippen molar-refractivity contribution < 1.29 is 18.0 Å². The van der Waals surface area contributed by atoms with Crippen molar-refractivity contribution in [1.82, 2.24) is 10.5 Å². The summed E-state index contributed by atoms with van der Waals surface area (Å²) in [6.07, 6.45) is 6.88. The Kier molecular flexibility index (Phi) is 7.30. The van der Waals surface area contributed by atoms with Crippen LogP contribution < -0.4 is 10.0 Å². The van der Waals surface area contributed by atoms with E-state index in [0.29, 0.717) is 28.8 Å². The molecule has 0 bridgehead atoms. The van der Waals surface area contributed by atoms with Crippen LogP contribution in [0.2, 0.25) is 0 Å². The topological polar surface area (TPSA) is 104 Å². The van der Waals surface area contributed by atoms with E-state index in [0.717, 1.165) is 29.7 Å². The van der Waals surface area contributed by atoms with Crippen LogP contribution in [0.5, 0.6) is 0 Å². The molecule has 7 nitrogen and oxygen atoms in total. The SMILES string of the molecule is C[C@H](NCc1ccccc1NS(=O)(=O)c1ccc(-c2ccno2)s1)[C@@H](O)C1CCCCC1. The summed E-state index contributed by atoms with van der Waals surface area (Å²) in [5.41, 5.74) is 1.35. The van der Waals surface area contributed by atoms with Crippen molar-refractivity contribution in [2.75, 3.05) is 4.72 Å². The number of sulfonamides is 1. The molecule has 1 fully saturated rings. The average Bonchev–Trinajstić information content (AvgIpc) is 3.50. The van der Waals surface area contributed by atoms with Crippen molar-refractivity contribution in [2.24, 2.45) is 5.92 Å². The third-order valence-electron chi connectivity index (χ3n) is 6.05. The number of rotatable bonds is 9. The number of anilines is 1. The molecule has 2 atom stereocenters. The Balaban J connectivity index is 1.42. The minimum Gasteiger partial charge on any atom is -0.391 e. The molecule has 1 saturated carbocycles. The first-order chi connectivity index (χ1) is 15.4. The van der Waals surface area contributed by atoms with Crippen LogP contribution in [0.15, 0.2) is 57.4 Å². The van der Waals surface area contributed by atoms with Crippen molar-refractivity contribution in [3.05, 3.63) is 54.2 Å². The molecule has 4 rings (SSSR count). The van der Waals surface area contributed by atoms with E-state index in [4.69, 9.17) is 4.52 Å². The van der Waals surface area contributed by atoms with Gasteiger partial charge < -0.3 is 14.9 Å². The number of thiophene rings is 1. The number of benzene rings is 1. The zero-order valence-corrected chi connectivity index (χ0v) is 19.7. The molecule has 0 radical (unpaired) electrons. The number of nitrogens with one attached hydrogen (secondary N) is 2. The Morgan fingerprint density at radius 2 is 1.94 bits per heavy atom. The maximum atomic E-state index is 13.0. The zero-order valence-electron chi connectivity index (χ0n) is 18.0. The predicted molar refractivity (Wildman–Crippen MR) is 126 cm³/mol. The van der Waals surface area contributed by atoms with Crippen molar-refractivity contribution >= 4 is 27.0 Å². The van der Waals surface area contributed by atoms with Gasteiger partial charge in [0, 0.05) is 18.7 Å². The number of hydrogen-bond donors (Lipinski definition) is 3. The van der Waals surface area contributed by atoms with Crippen LogP contribution >= 0.6 is 11.3 Å². The molecule has 32 heavy (non-hydrogen) atoms. The van der Waals surface area contributed by atoms with E-state index in [2.05, 4.69) is 15.2 Å². The van der Waals surface area contributed by atoms with Crippen LogP contribution in [-0.4, -0.2) is 30.8 Å². The third-order valence-corrected chi connectivity index (χ3v) is 9.01. The molecule has 0 spiro atoms. The lowest BCUT2D eigenvalue weighted by atomic mass is 9.83. The van der Waals surface area contributed by atoms with Gasteiger partial charge in [-0.2, -0.15) is 0 Å². The maximum absolute atomic E-state index is 13.0. The molecular weight excluding hydrogens is 446 g/mol. The molecule has 1 aliphatic carbocycles. The lowest BCUT2D eigenvalue weighted by molar-refractivity contribution is 0.0551. The van der Waals surface area contributed by atoms with Crippen molar-refractivity contribution in [3.8, 4) is 10.6 Å². The second-order valence-corrected chi connectivity index (χ2v) is 11.3. The Labute approximate surface area is 192 Å². The summed E-state index contributed by atoms with van der Waals surface area (Å²) in [5.74, 6) is 0.865. The van der Waals surface area contributed by atoms with Gasteiger partial charge in [-0.15, -0.1) is 11.3 Å². The van der Waals surface area contributed by atoms with Gasteiger partial charge in [-0.1, -0.05) is 42.6 Å². The quantitative estimate of drug-likeness (QED) is 0.417. The van der Waals surface area contributed by atoms with E-state index < -0.39 is 16.1 Å². The summed E-state index contributed by atoms with van der Waals surface area (Å²) < 4.78 is 34.0. The van der Waals surface area contributed by atoms with Crippen LogP contribution in [0, 0.1) is 5.92 Å². The van der Waals surface area contributed by atoms with Gasteiger partial charge in [0.2, 0.25) is 0 Å². The van der Waals surface area contributed by atoms with Gasteiger partial charge in [-0.25, -0.2) is 8.42 Å². The monoisotopic (exact) mass is 475 g/mol. The first-order valence-corrected chi connectivity index (χ1v) is 13.3. The number of nitrogens with zero attached hydrogens (tertiary/aromatic N) is 1. The second kappa shape index (κ2) is 10.2. The normalized spacial score (nSPS) is 17.2. The number of hydrogen-bond acceptors (Lipinski definition) is 7. The molecule has 0 saturated heterocycles. The largest absolute Gasteiger partial charge is 0.391 e. The first-order valence-electron chi connectivity index (χ1n) is 11.0. The van der Waals surface area contributed by atoms with E-state index in [1.54, 1.807) is 30.3 Å². The third kappa shape index (κ3) is 5.40. The second-order valence-electron chi connectivity index (χ2n) is 8.32. The minimum atomic E-state index is -3.75. The number of aliphatic hydroxyl groups is 1. The first kappa shape index (κ1) is 23.0. The van der Waals surface area contributed by atoms with Crippen LogP contribution in [-0.2, 0) is 16.6 Å². The summed E-state index contributed by atoms with van der Waals surface area (Å²) >= 11 is 1.13. The molecule has 3 N–H and O–H groups in total. The highest BCUT2D eigenvalue weighted by molar-refractivity contribution is 7.94. The molecule has 1 aromatic carbocycles. The standard InChI is InChI=1S/C23H29N3O4S2/c1-16(23(27)17-7-3-2-4-8-17)24-15-18-9-5-6-10-19(18)26-32(28,29)22-12-11-21(31-22)20-13-14-25-30-20/h5-6,9-14,16-17,23-24,26-27H,2-4,7-8,15H2,1H3/t16-,23+/m0/s1. The minimum absolute atomic E-state index is 0.0791. The molecular formula is C23H29N3O4S2. The van der Waals surface area contributed by atoms with Crippen LogP contribution in [0.4, 0.5) is 5.69 Å². The highest BCUT2D eigenvalue weighted by atomic mass is 32.2. The van der Waals surface area contributed by atoms with Gasteiger partial charge in [0.1, 0.15) is 4.21 Å². The smallest absolute Gasteiger partial charge is 0.271 e. The highest BCUT2D eigenvalue weighted by Gasteiger charge is 2.26. The molecule has 0 unspecified atom stereocenters. The lowest BCUT2D eigenvalue weighted by Crippen LogP contribution is -2.42. The molecule has 2 heterocycles. The van der Waals surface area contributed by atoms with E-state index in [9.17, 15) is 13.5 Å². The number of aliphatic hydroxyl groups excluding tert-OH is 1. The van der Waals surface area contributed by atoms with Gasteiger partial charge in [-0.05, 0) is 49.4 Å². The lowest BCUT2D eigenvalue weighted by Gasteiger charge is -2.31. The number of aromatic nitrogens is 1. The van der Waals surface area contributed by atoms with Crippen LogP contribution in [0.1, 0.15) is 44.6 Å². The Hall–Kier alpha value is -2.20. The van der Waals surface area contributed by atoms with E-state index in [-0.39, 0.29) is 10.3 Å². The Morgan fingerprint density at radius 3 is 2.69 bits per heavy atom. The average molecular weight is 476 g/mol. The van der Waals surface area contributed by atoms with E-state index >= 15 is 0 Å². The van der Waals surface area contributed by atoms with Crippen LogP contribution in [0.25, 0.3) is 10.6 Å². The van der Waals surface area contributed by atoms with Gasteiger partial charge >= 0.3 is 0 Å².